The minimum Gasteiger partial charge on any atom is -0.270 e. The number of nitrogens with zero attached hydrogens (tertiary/aromatic N) is 2. The van der Waals surface area contributed by atoms with E-state index in [4.69, 9.17) is 11.6 Å². The quantitative estimate of drug-likeness (QED) is 0.660. The number of rotatable bonds is 7. The summed E-state index contributed by atoms with van der Waals surface area (Å²) < 4.78 is 2.07. The van der Waals surface area contributed by atoms with Crippen LogP contribution in [0.4, 0.5) is 0 Å². The number of halogens is 1. The fourth-order valence-electron chi connectivity index (χ4n) is 2.02. The van der Waals surface area contributed by atoms with Crippen LogP contribution in [-0.4, -0.2) is 15.7 Å². The van der Waals surface area contributed by atoms with Gasteiger partial charge in [0, 0.05) is 18.1 Å². The Balaban J connectivity index is 2.77. The second-order valence-corrected chi connectivity index (χ2v) is 5.33. The van der Waals surface area contributed by atoms with Crippen molar-refractivity contribution in [3.05, 3.63) is 18.0 Å². The van der Waals surface area contributed by atoms with Gasteiger partial charge in [0.05, 0.1) is 5.69 Å². The largest absolute Gasteiger partial charge is 0.270 e. The third kappa shape index (κ3) is 3.48. The SMILES string of the molecule is CCC(C)n1ccc(CC(CC)(CC)CCl)n1. The zero-order valence-corrected chi connectivity index (χ0v) is 12.3. The molecule has 0 spiro atoms. The molecule has 1 rings (SSSR count). The summed E-state index contributed by atoms with van der Waals surface area (Å²) in [6.07, 6.45) is 6.43. The summed E-state index contributed by atoms with van der Waals surface area (Å²) in [5.74, 6) is 0.718. The van der Waals surface area contributed by atoms with Gasteiger partial charge in [-0.2, -0.15) is 5.10 Å². The van der Waals surface area contributed by atoms with Gasteiger partial charge in [-0.15, -0.1) is 11.6 Å². The van der Waals surface area contributed by atoms with Gasteiger partial charge in [-0.1, -0.05) is 20.8 Å². The molecule has 0 aromatic carbocycles. The van der Waals surface area contributed by atoms with Crippen LogP contribution >= 0.6 is 11.6 Å². The van der Waals surface area contributed by atoms with Gasteiger partial charge in [0.1, 0.15) is 0 Å². The van der Waals surface area contributed by atoms with Crippen LogP contribution in [0.25, 0.3) is 0 Å². The second kappa shape index (κ2) is 6.44. The first-order valence-corrected chi connectivity index (χ1v) is 7.24. The number of alkyl halides is 1. The monoisotopic (exact) mass is 256 g/mol. The molecule has 1 aromatic rings. The van der Waals surface area contributed by atoms with E-state index < -0.39 is 0 Å². The lowest BCUT2D eigenvalue weighted by Crippen LogP contribution is -2.24. The number of aromatic nitrogens is 2. The summed E-state index contributed by atoms with van der Waals surface area (Å²) in [6.45, 7) is 8.83. The molecule has 0 saturated heterocycles. The van der Waals surface area contributed by atoms with Gasteiger partial charge in [-0.05, 0) is 44.1 Å². The Labute approximate surface area is 110 Å². The molecule has 1 unspecified atom stereocenters. The molecule has 1 heterocycles. The first kappa shape index (κ1) is 14.6. The smallest absolute Gasteiger partial charge is 0.0630 e. The Morgan fingerprint density at radius 2 is 2.00 bits per heavy atom. The first-order chi connectivity index (χ1) is 8.10. The van der Waals surface area contributed by atoms with Gasteiger partial charge >= 0.3 is 0 Å². The Bertz CT molecular complexity index is 320. The maximum absolute atomic E-state index is 6.14. The highest BCUT2D eigenvalue weighted by molar-refractivity contribution is 6.18. The maximum atomic E-state index is 6.14. The Kier molecular flexibility index (Phi) is 5.51. The van der Waals surface area contributed by atoms with E-state index in [1.165, 1.54) is 5.69 Å². The average Bonchev–Trinajstić information content (AvgIpc) is 2.83. The number of hydrogen-bond donors (Lipinski definition) is 0. The molecule has 0 aliphatic carbocycles. The third-order valence-corrected chi connectivity index (χ3v) is 4.61. The van der Waals surface area contributed by atoms with Crippen LogP contribution < -0.4 is 0 Å². The zero-order chi connectivity index (χ0) is 12.9. The van der Waals surface area contributed by atoms with Gasteiger partial charge < -0.3 is 0 Å². The van der Waals surface area contributed by atoms with Crippen molar-refractivity contribution in [1.29, 1.82) is 0 Å². The molecule has 1 aromatic heterocycles. The van der Waals surface area contributed by atoms with Crippen LogP contribution in [0.15, 0.2) is 12.3 Å². The minimum atomic E-state index is 0.218. The van der Waals surface area contributed by atoms with E-state index in [-0.39, 0.29) is 5.41 Å². The van der Waals surface area contributed by atoms with E-state index in [1.807, 2.05) is 0 Å². The highest BCUT2D eigenvalue weighted by Crippen LogP contribution is 2.32. The summed E-state index contributed by atoms with van der Waals surface area (Å²) in [6, 6.07) is 2.62. The third-order valence-electron chi connectivity index (χ3n) is 4.05. The molecule has 0 N–H and O–H groups in total. The Morgan fingerprint density at radius 1 is 1.35 bits per heavy atom. The molecule has 0 fully saturated rings. The molecule has 1 atom stereocenters. The molecule has 0 aliphatic rings. The molecular formula is C14H25ClN2. The molecule has 0 radical (unpaired) electrons. The highest BCUT2D eigenvalue weighted by atomic mass is 35.5. The van der Waals surface area contributed by atoms with Gasteiger partial charge in [-0.3, -0.25) is 4.68 Å². The van der Waals surface area contributed by atoms with Gasteiger partial charge in [-0.25, -0.2) is 0 Å². The van der Waals surface area contributed by atoms with E-state index in [0.29, 0.717) is 6.04 Å². The molecule has 0 amide bonds. The van der Waals surface area contributed by atoms with Crippen LogP contribution in [0.5, 0.6) is 0 Å². The van der Waals surface area contributed by atoms with Crippen LogP contribution in [-0.2, 0) is 6.42 Å². The van der Waals surface area contributed by atoms with Crippen molar-refractivity contribution in [3.8, 4) is 0 Å². The van der Waals surface area contributed by atoms with E-state index in [9.17, 15) is 0 Å². The molecule has 3 heteroatoms. The zero-order valence-electron chi connectivity index (χ0n) is 11.5. The van der Waals surface area contributed by atoms with Crippen LogP contribution in [0.2, 0.25) is 0 Å². The normalized spacial score (nSPS) is 13.9. The van der Waals surface area contributed by atoms with Crippen molar-refractivity contribution >= 4 is 11.6 Å². The Morgan fingerprint density at radius 3 is 2.47 bits per heavy atom. The standard InChI is InChI=1S/C14H25ClN2/c1-5-12(4)17-9-8-13(16-17)10-14(6-2,7-3)11-15/h8-9,12H,5-7,10-11H2,1-4H3. The van der Waals surface area contributed by atoms with Crippen molar-refractivity contribution < 1.29 is 0 Å². The van der Waals surface area contributed by atoms with E-state index in [0.717, 1.165) is 31.6 Å². The molecule has 0 bridgehead atoms. The van der Waals surface area contributed by atoms with Crippen LogP contribution in [0.3, 0.4) is 0 Å². The Hall–Kier alpha value is -0.500. The van der Waals surface area contributed by atoms with Crippen molar-refractivity contribution in [1.82, 2.24) is 9.78 Å². The number of hydrogen-bond acceptors (Lipinski definition) is 1. The molecule has 17 heavy (non-hydrogen) atoms. The first-order valence-electron chi connectivity index (χ1n) is 6.70. The lowest BCUT2D eigenvalue weighted by atomic mass is 9.80. The lowest BCUT2D eigenvalue weighted by molar-refractivity contribution is 0.297. The van der Waals surface area contributed by atoms with Gasteiger partial charge in [0.2, 0.25) is 0 Å². The fraction of sp³-hybridized carbons (Fsp3) is 0.786. The highest BCUT2D eigenvalue weighted by Gasteiger charge is 2.26. The van der Waals surface area contributed by atoms with E-state index >= 15 is 0 Å². The maximum Gasteiger partial charge on any atom is 0.0630 e. The summed E-state index contributed by atoms with van der Waals surface area (Å²) >= 11 is 6.14. The van der Waals surface area contributed by atoms with E-state index in [1.54, 1.807) is 0 Å². The van der Waals surface area contributed by atoms with Crippen molar-refractivity contribution in [2.75, 3.05) is 5.88 Å². The molecule has 2 nitrogen and oxygen atoms in total. The summed E-state index contributed by atoms with van der Waals surface area (Å²) in [5, 5.41) is 4.67. The summed E-state index contributed by atoms with van der Waals surface area (Å²) in [7, 11) is 0. The molecule has 98 valence electrons. The average molecular weight is 257 g/mol. The van der Waals surface area contributed by atoms with Crippen molar-refractivity contribution in [2.24, 2.45) is 5.41 Å². The van der Waals surface area contributed by atoms with Crippen molar-refractivity contribution in [2.45, 2.75) is 59.4 Å². The summed E-state index contributed by atoms with van der Waals surface area (Å²) in [4.78, 5) is 0. The molecule has 0 aliphatic heterocycles. The predicted molar refractivity (Wildman–Crippen MR) is 74.7 cm³/mol. The lowest BCUT2D eigenvalue weighted by Gasteiger charge is -2.28. The topological polar surface area (TPSA) is 17.8 Å². The van der Waals surface area contributed by atoms with Crippen LogP contribution in [0.1, 0.15) is 58.7 Å². The molecule has 0 saturated carbocycles. The second-order valence-electron chi connectivity index (χ2n) is 5.06. The fourth-order valence-corrected chi connectivity index (χ4v) is 2.50. The predicted octanol–water partition coefficient (Wildman–Crippen LogP) is 4.44. The van der Waals surface area contributed by atoms with Gasteiger partial charge in [0.15, 0.2) is 0 Å². The van der Waals surface area contributed by atoms with Crippen LogP contribution in [0, 0.1) is 5.41 Å². The molecular weight excluding hydrogens is 232 g/mol. The summed E-state index contributed by atoms with van der Waals surface area (Å²) in [5.41, 5.74) is 1.39. The van der Waals surface area contributed by atoms with Gasteiger partial charge in [0.25, 0.3) is 0 Å². The van der Waals surface area contributed by atoms with Crippen molar-refractivity contribution in [3.63, 3.8) is 0 Å². The van der Waals surface area contributed by atoms with E-state index in [2.05, 4.69) is 49.7 Å². The minimum absolute atomic E-state index is 0.218.